The predicted molar refractivity (Wildman–Crippen MR) is 73.8 cm³/mol. The van der Waals surface area contributed by atoms with Crippen molar-refractivity contribution >= 4 is 11.9 Å². The summed E-state index contributed by atoms with van der Waals surface area (Å²) < 4.78 is 10.5. The number of esters is 2. The molecular weight excluding hydrogens is 258 g/mol. The van der Waals surface area contributed by atoms with Gasteiger partial charge in [0.2, 0.25) is 6.10 Å². The fraction of sp³-hybridized carbons (Fsp3) is 0.533. The molecule has 2 unspecified atom stereocenters. The van der Waals surface area contributed by atoms with E-state index in [4.69, 9.17) is 9.47 Å². The number of nitrogens with zero attached hydrogens (tertiary/aromatic N) is 1. The molecule has 5 heteroatoms. The van der Waals surface area contributed by atoms with Gasteiger partial charge in [-0.15, -0.1) is 0 Å². The molecule has 0 saturated carbocycles. The lowest BCUT2D eigenvalue weighted by atomic mass is 10.1. The van der Waals surface area contributed by atoms with E-state index in [9.17, 15) is 9.59 Å². The van der Waals surface area contributed by atoms with E-state index in [2.05, 4.69) is 4.98 Å². The van der Waals surface area contributed by atoms with Crippen LogP contribution in [0.1, 0.15) is 51.7 Å². The highest BCUT2D eigenvalue weighted by Crippen LogP contribution is 2.20. The molecule has 5 nitrogen and oxygen atoms in total. The first-order chi connectivity index (χ1) is 9.58. The lowest BCUT2D eigenvalue weighted by molar-refractivity contribution is -0.171. The molecule has 0 bridgehead atoms. The summed E-state index contributed by atoms with van der Waals surface area (Å²) in [6.07, 6.45) is 3.51. The molecule has 0 saturated heterocycles. The van der Waals surface area contributed by atoms with Gasteiger partial charge in [-0.1, -0.05) is 13.8 Å². The van der Waals surface area contributed by atoms with E-state index >= 15 is 0 Å². The number of pyridine rings is 1. The van der Waals surface area contributed by atoms with E-state index in [0.717, 1.165) is 0 Å². The molecule has 0 spiro atoms. The SMILES string of the molecule is CCCC(=O)OC(C(=O)OC(C)CC)c1ccncc1. The van der Waals surface area contributed by atoms with Crippen LogP contribution >= 0.6 is 0 Å². The Morgan fingerprint density at radius 3 is 2.40 bits per heavy atom. The van der Waals surface area contributed by atoms with Gasteiger partial charge >= 0.3 is 11.9 Å². The van der Waals surface area contributed by atoms with E-state index < -0.39 is 18.0 Å². The molecular formula is C15H21NO4. The van der Waals surface area contributed by atoms with Crippen molar-refractivity contribution in [3.05, 3.63) is 30.1 Å². The monoisotopic (exact) mass is 279 g/mol. The van der Waals surface area contributed by atoms with Gasteiger partial charge in [0.15, 0.2) is 0 Å². The van der Waals surface area contributed by atoms with Gasteiger partial charge in [-0.2, -0.15) is 0 Å². The highest BCUT2D eigenvalue weighted by atomic mass is 16.6. The summed E-state index contributed by atoms with van der Waals surface area (Å²) in [6.45, 7) is 5.60. The lowest BCUT2D eigenvalue weighted by Gasteiger charge is -2.19. The molecule has 0 radical (unpaired) electrons. The summed E-state index contributed by atoms with van der Waals surface area (Å²) in [5.41, 5.74) is 0.567. The second-order valence-electron chi connectivity index (χ2n) is 4.56. The van der Waals surface area contributed by atoms with Crippen molar-refractivity contribution in [2.45, 2.75) is 52.2 Å². The fourth-order valence-electron chi connectivity index (χ4n) is 1.53. The van der Waals surface area contributed by atoms with Crippen molar-refractivity contribution in [3.63, 3.8) is 0 Å². The highest BCUT2D eigenvalue weighted by molar-refractivity contribution is 5.80. The number of carbonyl (C=O) groups excluding carboxylic acids is 2. The Kier molecular flexibility index (Phi) is 6.70. The molecule has 1 heterocycles. The largest absolute Gasteiger partial charge is 0.460 e. The Morgan fingerprint density at radius 1 is 1.20 bits per heavy atom. The van der Waals surface area contributed by atoms with Crippen LogP contribution in [0.15, 0.2) is 24.5 Å². The quantitative estimate of drug-likeness (QED) is 0.718. The zero-order valence-corrected chi connectivity index (χ0v) is 12.2. The maximum Gasteiger partial charge on any atom is 0.352 e. The maximum absolute atomic E-state index is 12.1. The molecule has 110 valence electrons. The Balaban J connectivity index is 2.84. The van der Waals surface area contributed by atoms with Gasteiger partial charge in [0.1, 0.15) is 0 Å². The number of hydrogen-bond acceptors (Lipinski definition) is 5. The van der Waals surface area contributed by atoms with Crippen LogP contribution in [0.25, 0.3) is 0 Å². The van der Waals surface area contributed by atoms with Crippen molar-refractivity contribution in [2.24, 2.45) is 0 Å². The number of ether oxygens (including phenoxy) is 2. The predicted octanol–water partition coefficient (Wildman–Crippen LogP) is 2.81. The van der Waals surface area contributed by atoms with Crippen LogP contribution in [0.2, 0.25) is 0 Å². The standard InChI is InChI=1S/C15H21NO4/c1-4-6-13(17)20-14(12-7-9-16-10-8-12)15(18)19-11(3)5-2/h7-11,14H,4-6H2,1-3H3. The average Bonchev–Trinajstić information content (AvgIpc) is 2.45. The first kappa shape index (κ1) is 16.1. The highest BCUT2D eigenvalue weighted by Gasteiger charge is 2.27. The summed E-state index contributed by atoms with van der Waals surface area (Å²) in [4.78, 5) is 27.7. The molecule has 0 aliphatic rings. The first-order valence-electron chi connectivity index (χ1n) is 6.88. The van der Waals surface area contributed by atoms with Gasteiger partial charge in [0.05, 0.1) is 6.10 Å². The van der Waals surface area contributed by atoms with Crippen molar-refractivity contribution in [1.29, 1.82) is 0 Å². The normalized spacial score (nSPS) is 13.3. The summed E-state index contributed by atoms with van der Waals surface area (Å²) in [7, 11) is 0. The molecule has 2 atom stereocenters. The van der Waals surface area contributed by atoms with Gasteiger partial charge in [0, 0.05) is 24.4 Å². The second kappa shape index (κ2) is 8.30. The first-order valence-corrected chi connectivity index (χ1v) is 6.88. The molecule has 0 aliphatic carbocycles. The Morgan fingerprint density at radius 2 is 1.85 bits per heavy atom. The topological polar surface area (TPSA) is 65.5 Å². The molecule has 1 aromatic heterocycles. The molecule has 0 N–H and O–H groups in total. The van der Waals surface area contributed by atoms with E-state index in [0.29, 0.717) is 18.4 Å². The zero-order chi connectivity index (χ0) is 15.0. The van der Waals surface area contributed by atoms with Crippen LogP contribution in [0.5, 0.6) is 0 Å². The van der Waals surface area contributed by atoms with Crippen LogP contribution in [0.4, 0.5) is 0 Å². The van der Waals surface area contributed by atoms with Crippen LogP contribution in [0.3, 0.4) is 0 Å². The van der Waals surface area contributed by atoms with Crippen molar-refractivity contribution in [3.8, 4) is 0 Å². The fourth-order valence-corrected chi connectivity index (χ4v) is 1.53. The number of hydrogen-bond donors (Lipinski definition) is 0. The Bertz CT molecular complexity index is 433. The Hall–Kier alpha value is -1.91. The van der Waals surface area contributed by atoms with Crippen LogP contribution < -0.4 is 0 Å². The third-order valence-corrected chi connectivity index (χ3v) is 2.82. The minimum Gasteiger partial charge on any atom is -0.460 e. The zero-order valence-electron chi connectivity index (χ0n) is 12.2. The summed E-state index contributed by atoms with van der Waals surface area (Å²) in [6, 6.07) is 3.28. The smallest absolute Gasteiger partial charge is 0.352 e. The Labute approximate surface area is 119 Å². The molecule has 0 aromatic carbocycles. The van der Waals surface area contributed by atoms with E-state index in [1.54, 1.807) is 31.5 Å². The van der Waals surface area contributed by atoms with Gasteiger partial charge in [-0.3, -0.25) is 9.78 Å². The number of aromatic nitrogens is 1. The molecule has 1 aromatic rings. The van der Waals surface area contributed by atoms with Gasteiger partial charge < -0.3 is 9.47 Å². The van der Waals surface area contributed by atoms with Crippen LogP contribution in [0, 0.1) is 0 Å². The average molecular weight is 279 g/mol. The summed E-state index contributed by atoms with van der Waals surface area (Å²) >= 11 is 0. The molecule has 0 fully saturated rings. The van der Waals surface area contributed by atoms with Crippen LogP contribution in [-0.2, 0) is 19.1 Å². The van der Waals surface area contributed by atoms with Crippen molar-refractivity contribution < 1.29 is 19.1 Å². The van der Waals surface area contributed by atoms with E-state index in [1.165, 1.54) is 0 Å². The lowest BCUT2D eigenvalue weighted by Crippen LogP contribution is -2.25. The van der Waals surface area contributed by atoms with Gasteiger partial charge in [0.25, 0.3) is 0 Å². The van der Waals surface area contributed by atoms with E-state index in [1.807, 2.05) is 13.8 Å². The molecule has 1 rings (SSSR count). The van der Waals surface area contributed by atoms with E-state index in [-0.39, 0.29) is 12.5 Å². The summed E-state index contributed by atoms with van der Waals surface area (Å²) in [5, 5.41) is 0. The number of rotatable bonds is 7. The second-order valence-corrected chi connectivity index (χ2v) is 4.56. The van der Waals surface area contributed by atoms with Crippen molar-refractivity contribution in [2.75, 3.05) is 0 Å². The van der Waals surface area contributed by atoms with Gasteiger partial charge in [-0.25, -0.2) is 4.79 Å². The number of carbonyl (C=O) groups is 2. The third-order valence-electron chi connectivity index (χ3n) is 2.82. The molecule has 0 amide bonds. The van der Waals surface area contributed by atoms with Crippen LogP contribution in [-0.4, -0.2) is 23.0 Å². The molecule has 0 aliphatic heterocycles. The summed E-state index contributed by atoms with van der Waals surface area (Å²) in [5.74, 6) is -0.953. The maximum atomic E-state index is 12.1. The molecule has 20 heavy (non-hydrogen) atoms. The minimum absolute atomic E-state index is 0.211. The minimum atomic E-state index is -1.02. The van der Waals surface area contributed by atoms with Gasteiger partial charge in [-0.05, 0) is 31.9 Å². The third kappa shape index (κ3) is 4.99. The van der Waals surface area contributed by atoms with Crippen molar-refractivity contribution in [1.82, 2.24) is 4.98 Å².